The number of allylic oxidation sites excluding steroid dienone is 1. The predicted molar refractivity (Wildman–Crippen MR) is 51.7 cm³/mol. The molecule has 1 aromatic rings. The molecule has 0 atom stereocenters. The standard InChI is InChI=1S/C11H10O3/c1-7(13-2)10-8-5-3-4-6-9(8)14-11(10)12/h3-6H,1-2H3. The number of hydrogen-bond acceptors (Lipinski definition) is 3. The molecule has 3 nitrogen and oxygen atoms in total. The number of rotatable bonds is 1. The lowest BCUT2D eigenvalue weighted by Gasteiger charge is -2.01. The fourth-order valence-electron chi connectivity index (χ4n) is 1.46. The molecule has 1 aromatic carbocycles. The van der Waals surface area contributed by atoms with Crippen LogP contribution in [0.2, 0.25) is 0 Å². The van der Waals surface area contributed by atoms with E-state index in [1.54, 1.807) is 13.0 Å². The van der Waals surface area contributed by atoms with Gasteiger partial charge in [-0.3, -0.25) is 0 Å². The van der Waals surface area contributed by atoms with Crippen molar-refractivity contribution in [2.45, 2.75) is 6.92 Å². The minimum absolute atomic E-state index is 0.342. The first-order valence-corrected chi connectivity index (χ1v) is 4.30. The predicted octanol–water partition coefficient (Wildman–Crippen LogP) is 1.98. The zero-order valence-corrected chi connectivity index (χ0v) is 8.03. The molecule has 0 radical (unpaired) electrons. The maximum absolute atomic E-state index is 11.5. The molecule has 1 aliphatic rings. The van der Waals surface area contributed by atoms with Crippen molar-refractivity contribution in [2.24, 2.45) is 0 Å². The number of carbonyl (C=O) groups excluding carboxylic acids is 1. The molecule has 0 aromatic heterocycles. The quantitative estimate of drug-likeness (QED) is 0.294. The SMILES string of the molecule is COC(C)=C1C(=O)Oc2ccccc21. The summed E-state index contributed by atoms with van der Waals surface area (Å²) in [6.07, 6.45) is 0. The molecule has 14 heavy (non-hydrogen) atoms. The smallest absolute Gasteiger partial charge is 0.347 e. The molecule has 0 N–H and O–H groups in total. The van der Waals surface area contributed by atoms with E-state index >= 15 is 0 Å². The lowest BCUT2D eigenvalue weighted by atomic mass is 10.1. The van der Waals surface area contributed by atoms with Gasteiger partial charge in [-0.1, -0.05) is 18.2 Å². The number of carbonyl (C=O) groups is 1. The molecule has 3 heteroatoms. The molecule has 0 fully saturated rings. The zero-order chi connectivity index (χ0) is 10.1. The minimum atomic E-state index is -0.342. The Labute approximate surface area is 81.9 Å². The number of fused-ring (bicyclic) bond motifs is 1. The number of para-hydroxylation sites is 1. The van der Waals surface area contributed by atoms with Crippen LogP contribution < -0.4 is 4.74 Å². The van der Waals surface area contributed by atoms with E-state index in [2.05, 4.69) is 0 Å². The van der Waals surface area contributed by atoms with Crippen molar-refractivity contribution in [1.82, 2.24) is 0 Å². The van der Waals surface area contributed by atoms with E-state index in [1.807, 2.05) is 18.2 Å². The molecular formula is C11H10O3. The van der Waals surface area contributed by atoms with Gasteiger partial charge in [0.1, 0.15) is 17.1 Å². The van der Waals surface area contributed by atoms with E-state index in [0.29, 0.717) is 17.1 Å². The average Bonchev–Trinajstić information content (AvgIpc) is 2.53. The van der Waals surface area contributed by atoms with Crippen LogP contribution in [0.4, 0.5) is 0 Å². The van der Waals surface area contributed by atoms with Crippen molar-refractivity contribution in [1.29, 1.82) is 0 Å². The van der Waals surface area contributed by atoms with Gasteiger partial charge in [-0.05, 0) is 13.0 Å². The second-order valence-electron chi connectivity index (χ2n) is 3.02. The summed E-state index contributed by atoms with van der Waals surface area (Å²) >= 11 is 0. The molecule has 0 amide bonds. The van der Waals surface area contributed by atoms with Gasteiger partial charge in [0.05, 0.1) is 7.11 Å². The summed E-state index contributed by atoms with van der Waals surface area (Å²) in [5.74, 6) is 0.842. The van der Waals surface area contributed by atoms with Gasteiger partial charge >= 0.3 is 5.97 Å². The first kappa shape index (κ1) is 8.81. The van der Waals surface area contributed by atoms with Gasteiger partial charge in [0.15, 0.2) is 0 Å². The summed E-state index contributed by atoms with van der Waals surface area (Å²) in [4.78, 5) is 11.5. The minimum Gasteiger partial charge on any atom is -0.500 e. The van der Waals surface area contributed by atoms with Crippen LogP contribution >= 0.6 is 0 Å². The highest BCUT2D eigenvalue weighted by atomic mass is 16.5. The fourth-order valence-corrected chi connectivity index (χ4v) is 1.46. The lowest BCUT2D eigenvalue weighted by Crippen LogP contribution is -2.03. The molecular weight excluding hydrogens is 180 g/mol. The van der Waals surface area contributed by atoms with Crippen LogP contribution in [0.3, 0.4) is 0 Å². The third-order valence-corrected chi connectivity index (χ3v) is 2.22. The Kier molecular flexibility index (Phi) is 2.00. The maximum Gasteiger partial charge on any atom is 0.347 e. The van der Waals surface area contributed by atoms with Crippen LogP contribution in [0.1, 0.15) is 12.5 Å². The van der Waals surface area contributed by atoms with Crippen molar-refractivity contribution in [3.8, 4) is 5.75 Å². The van der Waals surface area contributed by atoms with Crippen molar-refractivity contribution in [3.05, 3.63) is 35.6 Å². The monoisotopic (exact) mass is 190 g/mol. The molecule has 0 saturated carbocycles. The Morgan fingerprint density at radius 3 is 2.79 bits per heavy atom. The van der Waals surface area contributed by atoms with Gasteiger partial charge in [-0.15, -0.1) is 0 Å². The van der Waals surface area contributed by atoms with Crippen molar-refractivity contribution < 1.29 is 14.3 Å². The Morgan fingerprint density at radius 1 is 1.36 bits per heavy atom. The van der Waals surface area contributed by atoms with Crippen LogP contribution in [0.5, 0.6) is 5.75 Å². The van der Waals surface area contributed by atoms with E-state index in [1.165, 1.54) is 7.11 Å². The summed E-state index contributed by atoms with van der Waals surface area (Å²) in [6.45, 7) is 1.75. The highest BCUT2D eigenvalue weighted by Gasteiger charge is 2.28. The third kappa shape index (κ3) is 1.18. The van der Waals surface area contributed by atoms with Gasteiger partial charge in [0, 0.05) is 5.56 Å². The Balaban J connectivity index is 2.61. The van der Waals surface area contributed by atoms with Gasteiger partial charge in [0.2, 0.25) is 0 Å². The third-order valence-electron chi connectivity index (χ3n) is 2.22. The molecule has 0 aliphatic carbocycles. The van der Waals surface area contributed by atoms with Crippen LogP contribution in [0, 0.1) is 0 Å². The zero-order valence-electron chi connectivity index (χ0n) is 8.03. The fraction of sp³-hybridized carbons (Fsp3) is 0.182. The molecule has 1 heterocycles. The Hall–Kier alpha value is -1.77. The summed E-state index contributed by atoms with van der Waals surface area (Å²) in [5, 5.41) is 0. The molecule has 1 aliphatic heterocycles. The second kappa shape index (κ2) is 3.18. The molecule has 0 saturated heterocycles. The van der Waals surface area contributed by atoms with E-state index in [-0.39, 0.29) is 5.97 Å². The highest BCUT2D eigenvalue weighted by Crippen LogP contribution is 2.35. The molecule has 0 spiro atoms. The van der Waals surface area contributed by atoms with Gasteiger partial charge < -0.3 is 9.47 Å². The van der Waals surface area contributed by atoms with E-state index in [9.17, 15) is 4.79 Å². The lowest BCUT2D eigenvalue weighted by molar-refractivity contribution is -0.127. The first-order chi connectivity index (χ1) is 6.74. The van der Waals surface area contributed by atoms with Gasteiger partial charge in [-0.25, -0.2) is 4.79 Å². The maximum atomic E-state index is 11.5. The summed E-state index contributed by atoms with van der Waals surface area (Å²) in [6, 6.07) is 7.31. The first-order valence-electron chi connectivity index (χ1n) is 4.30. The van der Waals surface area contributed by atoms with Crippen LogP contribution in [-0.4, -0.2) is 13.1 Å². The second-order valence-corrected chi connectivity index (χ2v) is 3.02. The number of benzene rings is 1. The summed E-state index contributed by atoms with van der Waals surface area (Å²) in [7, 11) is 1.54. The van der Waals surface area contributed by atoms with Gasteiger partial charge in [0.25, 0.3) is 0 Å². The van der Waals surface area contributed by atoms with Crippen molar-refractivity contribution >= 4 is 11.5 Å². The topological polar surface area (TPSA) is 35.5 Å². The van der Waals surface area contributed by atoms with Crippen molar-refractivity contribution in [2.75, 3.05) is 7.11 Å². The van der Waals surface area contributed by atoms with E-state index in [0.717, 1.165) is 5.56 Å². The van der Waals surface area contributed by atoms with E-state index in [4.69, 9.17) is 9.47 Å². The number of hydrogen-bond donors (Lipinski definition) is 0. The number of methoxy groups -OCH3 is 1. The van der Waals surface area contributed by atoms with Crippen LogP contribution in [0.15, 0.2) is 30.0 Å². The Bertz CT molecular complexity index is 418. The highest BCUT2D eigenvalue weighted by molar-refractivity contribution is 6.21. The molecule has 0 unspecified atom stereocenters. The number of esters is 1. The normalized spacial score (nSPS) is 17.4. The molecule has 0 bridgehead atoms. The molecule has 72 valence electrons. The van der Waals surface area contributed by atoms with Gasteiger partial charge in [-0.2, -0.15) is 0 Å². The molecule has 2 rings (SSSR count). The van der Waals surface area contributed by atoms with Crippen molar-refractivity contribution in [3.63, 3.8) is 0 Å². The number of ether oxygens (including phenoxy) is 2. The average molecular weight is 190 g/mol. The summed E-state index contributed by atoms with van der Waals surface area (Å²) in [5.41, 5.74) is 1.32. The summed E-state index contributed by atoms with van der Waals surface area (Å²) < 4.78 is 10.1. The Morgan fingerprint density at radius 2 is 2.07 bits per heavy atom. The van der Waals surface area contributed by atoms with Crippen LogP contribution in [0.25, 0.3) is 5.57 Å². The largest absolute Gasteiger partial charge is 0.500 e. The van der Waals surface area contributed by atoms with E-state index < -0.39 is 0 Å². The van der Waals surface area contributed by atoms with Crippen LogP contribution in [-0.2, 0) is 9.53 Å².